The summed E-state index contributed by atoms with van der Waals surface area (Å²) in [5.41, 5.74) is 1.45. The predicted octanol–water partition coefficient (Wildman–Crippen LogP) is 4.69. The Labute approximate surface area is 170 Å². The Bertz CT molecular complexity index is 682. The SMILES string of the molecule is c1ccc(CN2CCC(CN3CCC(CCOc4ccccc4)CC3)C2)cc1. The Morgan fingerprint density at radius 3 is 2.14 bits per heavy atom. The van der Waals surface area contributed by atoms with Crippen molar-refractivity contribution < 1.29 is 4.74 Å². The molecule has 0 bridgehead atoms. The van der Waals surface area contributed by atoms with Crippen LogP contribution in [0.3, 0.4) is 0 Å². The molecular weight excluding hydrogens is 344 g/mol. The summed E-state index contributed by atoms with van der Waals surface area (Å²) in [4.78, 5) is 5.35. The molecule has 2 aliphatic heterocycles. The van der Waals surface area contributed by atoms with Gasteiger partial charge >= 0.3 is 0 Å². The average molecular weight is 379 g/mol. The molecule has 2 aliphatic rings. The van der Waals surface area contributed by atoms with Gasteiger partial charge in [-0.15, -0.1) is 0 Å². The van der Waals surface area contributed by atoms with Crippen molar-refractivity contribution in [1.29, 1.82) is 0 Å². The molecule has 0 N–H and O–H groups in total. The monoisotopic (exact) mass is 378 g/mol. The number of nitrogens with zero attached hydrogens (tertiary/aromatic N) is 2. The van der Waals surface area contributed by atoms with Crippen LogP contribution in [0.1, 0.15) is 31.2 Å². The third-order valence-corrected chi connectivity index (χ3v) is 6.38. The molecule has 4 rings (SSSR count). The second kappa shape index (κ2) is 10.1. The summed E-state index contributed by atoms with van der Waals surface area (Å²) in [7, 11) is 0. The molecule has 2 aromatic rings. The van der Waals surface area contributed by atoms with Crippen LogP contribution in [0.5, 0.6) is 5.75 Å². The van der Waals surface area contributed by atoms with Gasteiger partial charge in [0.15, 0.2) is 0 Å². The minimum Gasteiger partial charge on any atom is -0.494 e. The minimum absolute atomic E-state index is 0.832. The van der Waals surface area contributed by atoms with Crippen LogP contribution in [0.15, 0.2) is 60.7 Å². The van der Waals surface area contributed by atoms with Crippen LogP contribution in [-0.4, -0.2) is 49.1 Å². The first-order valence-electron chi connectivity index (χ1n) is 11.0. The maximum atomic E-state index is 5.88. The highest BCUT2D eigenvalue weighted by atomic mass is 16.5. The average Bonchev–Trinajstić information content (AvgIpc) is 3.17. The summed E-state index contributed by atoms with van der Waals surface area (Å²) >= 11 is 0. The Balaban J connectivity index is 1.11. The zero-order valence-electron chi connectivity index (χ0n) is 17.0. The molecular formula is C25H34N2O. The summed E-state index contributed by atoms with van der Waals surface area (Å²) in [6, 6.07) is 21.1. The van der Waals surface area contributed by atoms with Crippen molar-refractivity contribution in [3.05, 3.63) is 66.2 Å². The molecule has 28 heavy (non-hydrogen) atoms. The van der Waals surface area contributed by atoms with Gasteiger partial charge in [-0.3, -0.25) is 4.90 Å². The highest BCUT2D eigenvalue weighted by Gasteiger charge is 2.26. The molecule has 0 spiro atoms. The number of piperidine rings is 1. The van der Waals surface area contributed by atoms with Crippen LogP contribution < -0.4 is 4.74 Å². The number of hydrogen-bond acceptors (Lipinski definition) is 3. The van der Waals surface area contributed by atoms with E-state index in [-0.39, 0.29) is 0 Å². The second-order valence-corrected chi connectivity index (χ2v) is 8.57. The number of benzene rings is 2. The van der Waals surface area contributed by atoms with Crippen LogP contribution in [-0.2, 0) is 6.54 Å². The van der Waals surface area contributed by atoms with E-state index in [1.165, 1.54) is 64.0 Å². The molecule has 150 valence electrons. The van der Waals surface area contributed by atoms with E-state index in [1.54, 1.807) is 0 Å². The standard InChI is InChI=1S/C25H34N2O/c1-3-7-23(8-4-1)19-27-17-13-24(21-27)20-26-15-11-22(12-16-26)14-18-28-25-9-5-2-6-10-25/h1-10,22,24H,11-21H2. The first kappa shape index (κ1) is 19.5. The molecule has 3 nitrogen and oxygen atoms in total. The van der Waals surface area contributed by atoms with Gasteiger partial charge in [0.25, 0.3) is 0 Å². The number of rotatable bonds is 8. The molecule has 2 saturated heterocycles. The maximum Gasteiger partial charge on any atom is 0.119 e. The van der Waals surface area contributed by atoms with E-state index >= 15 is 0 Å². The highest BCUT2D eigenvalue weighted by molar-refractivity contribution is 5.20. The van der Waals surface area contributed by atoms with Crippen molar-refractivity contribution in [3.63, 3.8) is 0 Å². The summed E-state index contributed by atoms with van der Waals surface area (Å²) in [5.74, 6) is 2.68. The van der Waals surface area contributed by atoms with Gasteiger partial charge in [0.05, 0.1) is 6.61 Å². The number of likely N-dealkylation sites (tertiary alicyclic amines) is 2. The molecule has 2 heterocycles. The predicted molar refractivity (Wildman–Crippen MR) is 116 cm³/mol. The highest BCUT2D eigenvalue weighted by Crippen LogP contribution is 2.25. The molecule has 1 unspecified atom stereocenters. The van der Waals surface area contributed by atoms with Crippen LogP contribution in [0.25, 0.3) is 0 Å². The van der Waals surface area contributed by atoms with E-state index in [2.05, 4.69) is 40.1 Å². The molecule has 1 atom stereocenters. The topological polar surface area (TPSA) is 15.7 Å². The first-order chi connectivity index (χ1) is 13.8. The van der Waals surface area contributed by atoms with Gasteiger partial charge in [0.1, 0.15) is 5.75 Å². The number of para-hydroxylation sites is 1. The van der Waals surface area contributed by atoms with Gasteiger partial charge in [-0.25, -0.2) is 0 Å². The van der Waals surface area contributed by atoms with Gasteiger partial charge in [-0.05, 0) is 74.8 Å². The second-order valence-electron chi connectivity index (χ2n) is 8.57. The van der Waals surface area contributed by atoms with Crippen molar-refractivity contribution in [1.82, 2.24) is 9.80 Å². The smallest absolute Gasteiger partial charge is 0.119 e. The van der Waals surface area contributed by atoms with Crippen molar-refractivity contribution >= 4 is 0 Å². The Morgan fingerprint density at radius 1 is 0.750 bits per heavy atom. The lowest BCUT2D eigenvalue weighted by Crippen LogP contribution is -2.38. The quantitative estimate of drug-likeness (QED) is 0.663. The fraction of sp³-hybridized carbons (Fsp3) is 0.520. The molecule has 0 aromatic heterocycles. The van der Waals surface area contributed by atoms with E-state index in [0.29, 0.717) is 0 Å². The van der Waals surface area contributed by atoms with Crippen LogP contribution in [0, 0.1) is 11.8 Å². The minimum atomic E-state index is 0.832. The summed E-state index contributed by atoms with van der Waals surface area (Å²) < 4.78 is 5.88. The maximum absolute atomic E-state index is 5.88. The zero-order valence-corrected chi connectivity index (χ0v) is 17.0. The molecule has 0 saturated carbocycles. The molecule has 2 aromatic carbocycles. The fourth-order valence-electron chi connectivity index (χ4n) is 4.73. The molecule has 0 radical (unpaired) electrons. The van der Waals surface area contributed by atoms with E-state index in [1.807, 2.05) is 30.3 Å². The summed E-state index contributed by atoms with van der Waals surface area (Å²) in [5, 5.41) is 0. The first-order valence-corrected chi connectivity index (χ1v) is 11.0. The molecule has 2 fully saturated rings. The zero-order chi connectivity index (χ0) is 19.0. The van der Waals surface area contributed by atoms with Crippen LogP contribution in [0.4, 0.5) is 0 Å². The van der Waals surface area contributed by atoms with Gasteiger partial charge in [0.2, 0.25) is 0 Å². The van der Waals surface area contributed by atoms with Gasteiger partial charge in [-0.1, -0.05) is 48.5 Å². The van der Waals surface area contributed by atoms with E-state index in [4.69, 9.17) is 4.74 Å². The van der Waals surface area contributed by atoms with Crippen molar-refractivity contribution in [2.24, 2.45) is 11.8 Å². The lowest BCUT2D eigenvalue weighted by molar-refractivity contribution is 0.145. The number of hydrogen-bond donors (Lipinski definition) is 0. The molecule has 0 amide bonds. The van der Waals surface area contributed by atoms with Crippen molar-refractivity contribution in [2.45, 2.75) is 32.2 Å². The van der Waals surface area contributed by atoms with E-state index < -0.39 is 0 Å². The van der Waals surface area contributed by atoms with Gasteiger partial charge in [0, 0.05) is 19.6 Å². The molecule has 3 heteroatoms. The lowest BCUT2D eigenvalue weighted by atomic mass is 9.93. The van der Waals surface area contributed by atoms with Gasteiger partial charge in [-0.2, -0.15) is 0 Å². The summed E-state index contributed by atoms with van der Waals surface area (Å²) in [6.07, 6.45) is 5.21. The van der Waals surface area contributed by atoms with Crippen LogP contribution >= 0.6 is 0 Å². The van der Waals surface area contributed by atoms with Crippen molar-refractivity contribution in [2.75, 3.05) is 39.3 Å². The number of ether oxygens (including phenoxy) is 1. The Kier molecular flexibility index (Phi) is 7.01. The summed E-state index contributed by atoms with van der Waals surface area (Å²) in [6.45, 7) is 8.31. The fourth-order valence-corrected chi connectivity index (χ4v) is 4.73. The lowest BCUT2D eigenvalue weighted by Gasteiger charge is -2.33. The van der Waals surface area contributed by atoms with E-state index in [0.717, 1.165) is 30.7 Å². The largest absolute Gasteiger partial charge is 0.494 e. The third kappa shape index (κ3) is 5.83. The Morgan fingerprint density at radius 2 is 1.39 bits per heavy atom. The Hall–Kier alpha value is -1.84. The third-order valence-electron chi connectivity index (χ3n) is 6.38. The van der Waals surface area contributed by atoms with Gasteiger partial charge < -0.3 is 9.64 Å². The van der Waals surface area contributed by atoms with E-state index in [9.17, 15) is 0 Å². The van der Waals surface area contributed by atoms with Crippen molar-refractivity contribution in [3.8, 4) is 5.75 Å². The van der Waals surface area contributed by atoms with Crippen LogP contribution in [0.2, 0.25) is 0 Å². The molecule has 0 aliphatic carbocycles. The normalized spacial score (nSPS) is 21.8.